The van der Waals surface area contributed by atoms with Crippen molar-refractivity contribution in [2.24, 2.45) is 0 Å². The maximum absolute atomic E-state index is 9.75. The molecule has 0 fully saturated rings. The van der Waals surface area contributed by atoms with E-state index in [1.165, 1.54) is 44.5 Å². The quantitative estimate of drug-likeness (QED) is 0.00961. The van der Waals surface area contributed by atoms with Gasteiger partial charge in [0.05, 0.1) is 26.4 Å². The normalized spacial score (nSPS) is 12.7. The lowest BCUT2D eigenvalue weighted by atomic mass is 10.1. The minimum absolute atomic E-state index is 0.611. The Morgan fingerprint density at radius 2 is 0.329 bits per heavy atom. The summed E-state index contributed by atoms with van der Waals surface area (Å²) in [5.41, 5.74) is 18.3. The molecule has 0 bridgehead atoms. The summed E-state index contributed by atoms with van der Waals surface area (Å²) < 4.78 is 188. The molecule has 0 saturated heterocycles. The van der Waals surface area contributed by atoms with E-state index < -0.39 is 29.0 Å². The van der Waals surface area contributed by atoms with E-state index >= 15 is 0 Å². The molecule has 0 unspecified atom stereocenters. The second-order valence-corrected chi connectivity index (χ2v) is 31.3. The molecule has 12 nitrogen and oxygen atoms in total. The van der Waals surface area contributed by atoms with Crippen LogP contribution in [0.3, 0.4) is 0 Å². The molecule has 0 heterocycles. The van der Waals surface area contributed by atoms with Gasteiger partial charge in [0.2, 0.25) is 0 Å². The first-order valence-electron chi connectivity index (χ1n) is 44.4. The third-order valence-corrected chi connectivity index (χ3v) is 16.7. The fraction of sp³-hybridized carbons (Fsp3) is 0.222. The first-order chi connectivity index (χ1) is 66.0. The molecule has 8 rings (SSSR count). The minimum atomic E-state index is -6.00. The van der Waals surface area contributed by atoms with Crippen molar-refractivity contribution >= 4 is 98.5 Å². The number of benzene rings is 8. The number of allylic oxidation sites excluding steroid dienone is 24. The number of hydrogen-bond acceptors (Lipinski definition) is 8. The van der Waals surface area contributed by atoms with Crippen LogP contribution >= 0.6 is 0 Å². The maximum atomic E-state index is 9.75. The summed E-state index contributed by atoms with van der Waals surface area (Å²) in [5, 5.41) is 0. The molecule has 0 saturated carbocycles. The van der Waals surface area contributed by atoms with Crippen molar-refractivity contribution < 1.29 is 106 Å². The summed E-state index contributed by atoms with van der Waals surface area (Å²) in [6.07, 6.45) is 49.9. The Labute approximate surface area is 819 Å². The molecule has 0 spiro atoms. The van der Waals surface area contributed by atoms with Gasteiger partial charge in [-0.25, -0.2) is 18.3 Å². The lowest BCUT2D eigenvalue weighted by Gasteiger charge is -2.10. The summed E-state index contributed by atoms with van der Waals surface area (Å²) in [7, 11) is 8.48. The molecule has 752 valence electrons. The van der Waals surface area contributed by atoms with Crippen LogP contribution in [0, 0.1) is 0 Å². The van der Waals surface area contributed by atoms with Crippen LogP contribution in [-0.2, 0) is 18.9 Å². The van der Waals surface area contributed by atoms with Crippen LogP contribution in [0.15, 0.2) is 388 Å². The van der Waals surface area contributed by atoms with Gasteiger partial charge in [0, 0.05) is 103 Å². The molecule has 0 aliphatic heterocycles. The van der Waals surface area contributed by atoms with Gasteiger partial charge in [-0.05, 0) is 192 Å². The van der Waals surface area contributed by atoms with Crippen LogP contribution in [0.4, 0.5) is 69.1 Å². The molecule has 140 heavy (non-hydrogen) atoms. The lowest BCUT2D eigenvalue weighted by Crippen LogP contribution is -2.02. The highest BCUT2D eigenvalue weighted by Gasteiger charge is 2.23. The molecule has 8 aromatic rings. The van der Waals surface area contributed by atoms with Crippen molar-refractivity contribution in [1.29, 1.82) is 0 Å². The second-order valence-electron chi connectivity index (χ2n) is 31.3. The van der Waals surface area contributed by atoms with Crippen molar-refractivity contribution in [3.8, 4) is 0 Å². The number of nitrogens with zero attached hydrogens (tertiary/aromatic N) is 8. The molecule has 0 aliphatic rings. The first-order valence-corrected chi connectivity index (χ1v) is 44.4. The summed E-state index contributed by atoms with van der Waals surface area (Å²) >= 11 is 0. The molecule has 0 N–H and O–H groups in total. The van der Waals surface area contributed by atoms with Crippen molar-refractivity contribution in [2.45, 2.75) is 27.7 Å². The highest BCUT2D eigenvalue weighted by Crippen LogP contribution is 2.26. The molecule has 0 radical (unpaired) electrons. The Kier molecular flexibility index (Phi) is 61.6. The van der Waals surface area contributed by atoms with E-state index in [0.717, 1.165) is 67.6 Å². The van der Waals surface area contributed by atoms with Crippen LogP contribution in [0.1, 0.15) is 72.2 Å². The third kappa shape index (κ3) is 67.9. The predicted molar refractivity (Wildman–Crippen MR) is 559 cm³/mol. The Morgan fingerprint density at radius 3 is 0.436 bits per heavy atom. The van der Waals surface area contributed by atoms with Gasteiger partial charge in [-0.15, -0.1) is 0 Å². The van der Waals surface area contributed by atoms with E-state index in [1.54, 1.807) is 0 Å². The van der Waals surface area contributed by atoms with Gasteiger partial charge in [-0.1, -0.05) is 243 Å². The van der Waals surface area contributed by atoms with Gasteiger partial charge >= 0.3 is 29.0 Å². The Balaban J connectivity index is 0.000000872. The molecular formula is C108H132B4F16N8O4. The Bertz CT molecular complexity index is 4810. The minimum Gasteiger partial charge on any atom is -0.494 e. The average molecular weight is 1950 g/mol. The fourth-order valence-corrected chi connectivity index (χ4v) is 11.6. The topological polar surface area (TPSA) is 61.9 Å². The summed E-state index contributed by atoms with van der Waals surface area (Å²) in [4.78, 5) is 8.21. The molecule has 0 aliphatic carbocycles. The molecule has 0 atom stereocenters. The lowest BCUT2D eigenvalue weighted by molar-refractivity contribution is -0.458. The van der Waals surface area contributed by atoms with Crippen LogP contribution < -0.4 is 0 Å². The predicted octanol–water partition coefficient (Wildman–Crippen LogP) is 27.2. The van der Waals surface area contributed by atoms with Crippen molar-refractivity contribution in [2.75, 3.05) is 139 Å². The SMILES string of the molecule is CCOC(=C\C=C(/C=[N+](C)C)c1ccccc1)/C=C/C(=C\N(C)C)c1ccccc1.CCOC(=C\C=C(/C=[N+](C)C)c1ccccc1)/C=C/C(=C\N(C)C)c1ccccc1.CCOC(=C\C=C(/C=[N+](C)C)c1ccccc1)/C=C/C(=C\N(C)C)c1ccccc1.CCOC(=C\C=C(/C=[N+](C)C)c1ccccc1)/C=C/C(=C\N(C)C)c1ccccc1.F[B-](F)(F)F.F[B-](F)(F)F.F[B-](F)(F)F.F[B-](F)(F)F. The number of ether oxygens (including phenoxy) is 4. The summed E-state index contributed by atoms with van der Waals surface area (Å²) in [6.45, 7) is 10.5. The maximum Gasteiger partial charge on any atom is 0.673 e. The first kappa shape index (κ1) is 124. The molecular weight excluding hydrogens is 1820 g/mol. The van der Waals surface area contributed by atoms with Gasteiger partial charge in [-0.3, -0.25) is 0 Å². The van der Waals surface area contributed by atoms with Crippen LogP contribution in [-0.4, -0.2) is 231 Å². The van der Waals surface area contributed by atoms with Crippen LogP contribution in [0.5, 0.6) is 0 Å². The zero-order valence-corrected chi connectivity index (χ0v) is 83.3. The van der Waals surface area contributed by atoms with Gasteiger partial charge in [0.15, 0.2) is 24.9 Å². The number of hydrogen-bond donors (Lipinski definition) is 0. The van der Waals surface area contributed by atoms with Crippen molar-refractivity contribution in [3.05, 3.63) is 432 Å². The monoisotopic (exact) mass is 1950 g/mol. The smallest absolute Gasteiger partial charge is 0.494 e. The van der Waals surface area contributed by atoms with Crippen LogP contribution in [0.25, 0.3) is 44.6 Å². The fourth-order valence-electron chi connectivity index (χ4n) is 11.6. The van der Waals surface area contributed by atoms with Crippen LogP contribution in [0.2, 0.25) is 0 Å². The van der Waals surface area contributed by atoms with E-state index in [9.17, 15) is 69.1 Å². The van der Waals surface area contributed by atoms with Gasteiger partial charge in [-0.2, -0.15) is 0 Å². The van der Waals surface area contributed by atoms with E-state index in [-0.39, 0.29) is 0 Å². The molecule has 32 heteroatoms. The van der Waals surface area contributed by atoms with Gasteiger partial charge in [0.25, 0.3) is 0 Å². The third-order valence-electron chi connectivity index (χ3n) is 16.7. The zero-order chi connectivity index (χ0) is 105. The van der Waals surface area contributed by atoms with E-state index in [1.807, 2.05) is 238 Å². The summed E-state index contributed by atoms with van der Waals surface area (Å²) in [5.74, 6) is 3.27. The van der Waals surface area contributed by atoms with Gasteiger partial charge in [0.1, 0.15) is 79.4 Å². The summed E-state index contributed by atoms with van der Waals surface area (Å²) in [6, 6.07) is 82.9. The molecule has 0 aromatic heterocycles. The molecule has 8 aromatic carbocycles. The number of halogens is 16. The van der Waals surface area contributed by atoms with E-state index in [4.69, 9.17) is 18.9 Å². The highest BCUT2D eigenvalue weighted by molar-refractivity contribution is 6.51. The average Bonchev–Trinajstić information content (AvgIpc) is 0.885. The van der Waals surface area contributed by atoms with Gasteiger partial charge < -0.3 is 108 Å². The molecule has 0 amide bonds. The Morgan fingerprint density at radius 1 is 0.207 bits per heavy atom. The van der Waals surface area contributed by atoms with E-state index in [0.29, 0.717) is 26.4 Å². The van der Waals surface area contributed by atoms with Crippen molar-refractivity contribution in [1.82, 2.24) is 19.6 Å². The largest absolute Gasteiger partial charge is 0.673 e. The Hall–Kier alpha value is -14.2. The second kappa shape index (κ2) is 69.6. The van der Waals surface area contributed by atoms with E-state index in [2.05, 4.69) is 330 Å². The zero-order valence-electron chi connectivity index (χ0n) is 83.3. The number of rotatable bonds is 36. The van der Waals surface area contributed by atoms with Crippen molar-refractivity contribution in [3.63, 3.8) is 0 Å². The standard InChI is InChI=1S/4C27H33N2O.4BF4/c4*1-6-30-27(19-17-25(21-28(2)3)23-13-9-7-10-14-23)20-18-26(22-29(4)5)24-15-11-8-12-16-24;4*2-1(3,4)5/h4*7-22H,6H2,1-5H3;;;;/q4*+1;4*-1. The highest BCUT2D eigenvalue weighted by atomic mass is 19.5.